The van der Waals surface area contributed by atoms with Crippen molar-refractivity contribution in [1.29, 1.82) is 0 Å². The van der Waals surface area contributed by atoms with Crippen LogP contribution in [0.5, 0.6) is 0 Å². The Morgan fingerprint density at radius 2 is 2.07 bits per heavy atom. The first kappa shape index (κ1) is 9.71. The number of nitrogens with two attached hydrogens (primary N) is 1. The standard InChI is InChI=1S/C11H19N3/c1-7(2)14-11(8(3)12)6-10(13-14)9-4-5-9/h6-9H,4-5,12H2,1-3H3. The molecule has 1 aromatic heterocycles. The van der Waals surface area contributed by atoms with Crippen molar-refractivity contribution in [3.63, 3.8) is 0 Å². The molecule has 2 rings (SSSR count). The summed E-state index contributed by atoms with van der Waals surface area (Å²) in [6, 6.07) is 2.67. The van der Waals surface area contributed by atoms with Gasteiger partial charge in [-0.3, -0.25) is 4.68 Å². The third-order valence-electron chi connectivity index (χ3n) is 2.73. The lowest BCUT2D eigenvalue weighted by molar-refractivity contribution is 0.490. The number of aromatic nitrogens is 2. The Hall–Kier alpha value is -0.830. The van der Waals surface area contributed by atoms with E-state index in [-0.39, 0.29) is 6.04 Å². The number of nitrogens with zero attached hydrogens (tertiary/aromatic N) is 2. The maximum Gasteiger partial charge on any atom is 0.0659 e. The first-order valence-corrected chi connectivity index (χ1v) is 5.44. The average molecular weight is 193 g/mol. The summed E-state index contributed by atoms with van der Waals surface area (Å²) < 4.78 is 2.07. The van der Waals surface area contributed by atoms with E-state index in [1.54, 1.807) is 0 Å². The summed E-state index contributed by atoms with van der Waals surface area (Å²) in [5.74, 6) is 0.715. The third-order valence-corrected chi connectivity index (χ3v) is 2.73. The van der Waals surface area contributed by atoms with Crippen LogP contribution < -0.4 is 5.73 Å². The summed E-state index contributed by atoms with van der Waals surface area (Å²) in [4.78, 5) is 0. The summed E-state index contributed by atoms with van der Waals surface area (Å²) in [5.41, 5.74) is 8.34. The molecule has 3 heteroatoms. The molecular weight excluding hydrogens is 174 g/mol. The summed E-state index contributed by atoms with van der Waals surface area (Å²) in [7, 11) is 0. The predicted octanol–water partition coefficient (Wildman–Crippen LogP) is 2.36. The molecule has 0 amide bonds. The number of rotatable bonds is 3. The molecule has 78 valence electrons. The van der Waals surface area contributed by atoms with Gasteiger partial charge in [0.25, 0.3) is 0 Å². The smallest absolute Gasteiger partial charge is 0.0659 e. The summed E-state index contributed by atoms with van der Waals surface area (Å²) in [6.45, 7) is 6.32. The zero-order chi connectivity index (χ0) is 10.3. The Bertz CT molecular complexity index is 296. The molecule has 14 heavy (non-hydrogen) atoms. The van der Waals surface area contributed by atoms with E-state index in [0.29, 0.717) is 12.0 Å². The van der Waals surface area contributed by atoms with Crippen LogP contribution in [0.15, 0.2) is 6.07 Å². The SMILES string of the molecule is CC(N)c1cc(C2CC2)nn1C(C)C. The van der Waals surface area contributed by atoms with Gasteiger partial charge in [-0.15, -0.1) is 0 Å². The zero-order valence-electron chi connectivity index (χ0n) is 9.20. The molecule has 1 aliphatic rings. The van der Waals surface area contributed by atoms with Gasteiger partial charge in [-0.25, -0.2) is 0 Å². The van der Waals surface area contributed by atoms with E-state index in [1.807, 2.05) is 6.92 Å². The van der Waals surface area contributed by atoms with Gasteiger partial charge in [0, 0.05) is 18.0 Å². The Morgan fingerprint density at radius 1 is 1.43 bits per heavy atom. The lowest BCUT2D eigenvalue weighted by Crippen LogP contribution is -2.14. The molecule has 1 saturated carbocycles. The van der Waals surface area contributed by atoms with E-state index in [1.165, 1.54) is 24.2 Å². The van der Waals surface area contributed by atoms with E-state index >= 15 is 0 Å². The fourth-order valence-corrected chi connectivity index (χ4v) is 1.76. The second-order valence-electron chi connectivity index (χ2n) is 4.60. The van der Waals surface area contributed by atoms with Crippen LogP contribution in [0.2, 0.25) is 0 Å². The quantitative estimate of drug-likeness (QED) is 0.800. The zero-order valence-corrected chi connectivity index (χ0v) is 9.20. The molecule has 1 aromatic rings. The van der Waals surface area contributed by atoms with Gasteiger partial charge in [0.15, 0.2) is 0 Å². The van der Waals surface area contributed by atoms with E-state index < -0.39 is 0 Å². The van der Waals surface area contributed by atoms with Crippen LogP contribution in [0, 0.1) is 0 Å². The van der Waals surface area contributed by atoms with Gasteiger partial charge in [-0.1, -0.05) is 0 Å². The second kappa shape index (κ2) is 3.39. The fraction of sp³-hybridized carbons (Fsp3) is 0.727. The maximum atomic E-state index is 5.93. The van der Waals surface area contributed by atoms with Crippen molar-refractivity contribution in [2.75, 3.05) is 0 Å². The predicted molar refractivity (Wildman–Crippen MR) is 57.2 cm³/mol. The maximum absolute atomic E-state index is 5.93. The van der Waals surface area contributed by atoms with Gasteiger partial charge in [-0.2, -0.15) is 5.10 Å². The van der Waals surface area contributed by atoms with E-state index in [4.69, 9.17) is 5.73 Å². The highest BCUT2D eigenvalue weighted by molar-refractivity contribution is 5.20. The van der Waals surface area contributed by atoms with Crippen LogP contribution in [0.25, 0.3) is 0 Å². The van der Waals surface area contributed by atoms with Crippen LogP contribution in [-0.2, 0) is 0 Å². The molecule has 0 aromatic carbocycles. The monoisotopic (exact) mass is 193 g/mol. The van der Waals surface area contributed by atoms with Crippen molar-refractivity contribution >= 4 is 0 Å². The molecule has 0 aliphatic heterocycles. The van der Waals surface area contributed by atoms with Crippen molar-refractivity contribution in [3.8, 4) is 0 Å². The van der Waals surface area contributed by atoms with Crippen LogP contribution in [0.4, 0.5) is 0 Å². The molecular formula is C11H19N3. The largest absolute Gasteiger partial charge is 0.323 e. The van der Waals surface area contributed by atoms with Gasteiger partial charge >= 0.3 is 0 Å². The molecule has 2 N–H and O–H groups in total. The lowest BCUT2D eigenvalue weighted by atomic mass is 10.2. The molecule has 0 spiro atoms. The molecule has 1 fully saturated rings. The van der Waals surface area contributed by atoms with E-state index in [9.17, 15) is 0 Å². The Labute approximate surface area is 85.3 Å². The number of hydrogen-bond donors (Lipinski definition) is 1. The molecule has 0 radical (unpaired) electrons. The van der Waals surface area contributed by atoms with Crippen molar-refractivity contribution in [1.82, 2.24) is 9.78 Å². The molecule has 1 atom stereocenters. The lowest BCUT2D eigenvalue weighted by Gasteiger charge is -2.12. The molecule has 1 unspecified atom stereocenters. The minimum absolute atomic E-state index is 0.0809. The average Bonchev–Trinajstić information content (AvgIpc) is 2.83. The second-order valence-corrected chi connectivity index (χ2v) is 4.60. The molecule has 1 aliphatic carbocycles. The highest BCUT2D eigenvalue weighted by Crippen LogP contribution is 2.40. The van der Waals surface area contributed by atoms with Crippen LogP contribution in [0.1, 0.15) is 63.0 Å². The minimum Gasteiger partial charge on any atom is -0.323 e. The highest BCUT2D eigenvalue weighted by Gasteiger charge is 2.28. The number of hydrogen-bond acceptors (Lipinski definition) is 2. The highest BCUT2D eigenvalue weighted by atomic mass is 15.3. The fourth-order valence-electron chi connectivity index (χ4n) is 1.76. The molecule has 1 heterocycles. The third kappa shape index (κ3) is 1.69. The first-order chi connectivity index (χ1) is 6.59. The van der Waals surface area contributed by atoms with Crippen LogP contribution >= 0.6 is 0 Å². The Balaban J connectivity index is 2.34. The topological polar surface area (TPSA) is 43.8 Å². The summed E-state index contributed by atoms with van der Waals surface area (Å²) >= 11 is 0. The molecule has 3 nitrogen and oxygen atoms in total. The van der Waals surface area contributed by atoms with Crippen molar-refractivity contribution in [3.05, 3.63) is 17.5 Å². The molecule has 0 bridgehead atoms. The van der Waals surface area contributed by atoms with Gasteiger partial charge in [0.05, 0.1) is 11.4 Å². The van der Waals surface area contributed by atoms with Crippen molar-refractivity contribution < 1.29 is 0 Å². The van der Waals surface area contributed by atoms with Gasteiger partial charge < -0.3 is 5.73 Å². The molecule has 0 saturated heterocycles. The normalized spacial score (nSPS) is 18.9. The van der Waals surface area contributed by atoms with Gasteiger partial charge in [0.1, 0.15) is 0 Å². The van der Waals surface area contributed by atoms with Crippen molar-refractivity contribution in [2.24, 2.45) is 5.73 Å². The summed E-state index contributed by atoms with van der Waals surface area (Å²) in [5, 5.41) is 4.63. The Kier molecular flexibility index (Phi) is 2.35. The van der Waals surface area contributed by atoms with Gasteiger partial charge in [-0.05, 0) is 39.7 Å². The van der Waals surface area contributed by atoms with Crippen LogP contribution in [-0.4, -0.2) is 9.78 Å². The minimum atomic E-state index is 0.0809. The van der Waals surface area contributed by atoms with E-state index in [2.05, 4.69) is 29.7 Å². The first-order valence-electron chi connectivity index (χ1n) is 5.44. The summed E-state index contributed by atoms with van der Waals surface area (Å²) in [6.07, 6.45) is 2.60. The van der Waals surface area contributed by atoms with Gasteiger partial charge in [0.2, 0.25) is 0 Å². The van der Waals surface area contributed by atoms with E-state index in [0.717, 1.165) is 0 Å². The van der Waals surface area contributed by atoms with Crippen LogP contribution in [0.3, 0.4) is 0 Å². The Morgan fingerprint density at radius 3 is 2.43 bits per heavy atom. The van der Waals surface area contributed by atoms with Crippen molar-refractivity contribution in [2.45, 2.75) is 51.6 Å².